The van der Waals surface area contributed by atoms with E-state index < -0.39 is 5.60 Å². The van der Waals surface area contributed by atoms with Crippen LogP contribution in [0, 0.1) is 0 Å². The highest BCUT2D eigenvalue weighted by molar-refractivity contribution is 5.69. The van der Waals surface area contributed by atoms with E-state index in [0.29, 0.717) is 0 Å². The molecule has 0 aromatic carbocycles. The number of alkyl carbamates (subject to hydrolysis) is 1. The van der Waals surface area contributed by atoms with Crippen LogP contribution in [-0.4, -0.2) is 28.4 Å². The second-order valence-electron chi connectivity index (χ2n) is 6.15. The van der Waals surface area contributed by atoms with Crippen LogP contribution in [0.25, 0.3) is 0 Å². The lowest BCUT2D eigenvalue weighted by Gasteiger charge is -2.43. The molecule has 1 rings (SSSR count). The van der Waals surface area contributed by atoms with Crippen molar-refractivity contribution in [3.63, 3.8) is 0 Å². The average Bonchev–Trinajstić information content (AvgIpc) is 2.05. The third-order valence-electron chi connectivity index (χ3n) is 3.12. The Hall–Kier alpha value is -0.770. The molecule has 0 heterocycles. The van der Waals surface area contributed by atoms with Crippen molar-refractivity contribution in [1.29, 1.82) is 0 Å². The number of nitrogens with one attached hydrogen (secondary N) is 1. The molecule has 0 bridgehead atoms. The third-order valence-corrected chi connectivity index (χ3v) is 3.12. The Balaban J connectivity index is 2.43. The van der Waals surface area contributed by atoms with E-state index >= 15 is 0 Å². The summed E-state index contributed by atoms with van der Waals surface area (Å²) in [5.74, 6) is 0. The fourth-order valence-electron chi connectivity index (χ4n) is 2.05. The first-order valence-electron chi connectivity index (χ1n) is 6.42. The van der Waals surface area contributed by atoms with Gasteiger partial charge in [-0.05, 0) is 59.8 Å². The molecule has 4 heteroatoms. The summed E-state index contributed by atoms with van der Waals surface area (Å²) in [5.41, 5.74) is -0.599. The smallest absolute Gasteiger partial charge is 0.408 e. The average molecular weight is 243 g/mol. The lowest BCUT2D eigenvalue weighted by Crippen LogP contribution is -2.54. The molecule has 1 aliphatic carbocycles. The molecule has 100 valence electrons. The van der Waals surface area contributed by atoms with E-state index in [2.05, 4.69) is 5.32 Å². The van der Waals surface area contributed by atoms with Crippen LogP contribution in [-0.2, 0) is 4.74 Å². The first-order valence-corrected chi connectivity index (χ1v) is 6.42. The minimum Gasteiger partial charge on any atom is -0.444 e. The number of aliphatic hydroxyl groups excluding tert-OH is 1. The van der Waals surface area contributed by atoms with Crippen LogP contribution in [0.2, 0.25) is 0 Å². The molecular formula is C13H25NO3. The Kier molecular flexibility index (Phi) is 4.42. The van der Waals surface area contributed by atoms with E-state index in [0.717, 1.165) is 32.1 Å². The van der Waals surface area contributed by atoms with Crippen LogP contribution < -0.4 is 5.32 Å². The van der Waals surface area contributed by atoms with Gasteiger partial charge in [-0.25, -0.2) is 4.79 Å². The highest BCUT2D eigenvalue weighted by Crippen LogP contribution is 2.36. The molecule has 17 heavy (non-hydrogen) atoms. The van der Waals surface area contributed by atoms with Gasteiger partial charge in [0.05, 0.1) is 6.10 Å². The summed E-state index contributed by atoms with van der Waals surface area (Å²) >= 11 is 0. The van der Waals surface area contributed by atoms with Crippen LogP contribution in [0.4, 0.5) is 4.79 Å². The number of aliphatic hydroxyl groups is 1. The molecule has 0 aliphatic heterocycles. The van der Waals surface area contributed by atoms with Gasteiger partial charge in [-0.1, -0.05) is 0 Å². The Morgan fingerprint density at radius 3 is 2.41 bits per heavy atom. The van der Waals surface area contributed by atoms with Crippen LogP contribution in [0.15, 0.2) is 0 Å². The monoisotopic (exact) mass is 243 g/mol. The third kappa shape index (κ3) is 4.94. The van der Waals surface area contributed by atoms with Crippen molar-refractivity contribution >= 4 is 6.09 Å². The standard InChI is InChI=1S/C13H25NO3/c1-10(15)6-9-13(7-5-8-13)14-11(16)17-12(2,3)4/h10,15H,5-9H2,1-4H3,(H,14,16). The first-order chi connectivity index (χ1) is 7.72. The molecule has 1 amide bonds. The fraction of sp³-hybridized carbons (Fsp3) is 0.923. The number of hydrogen-bond acceptors (Lipinski definition) is 3. The lowest BCUT2D eigenvalue weighted by molar-refractivity contribution is 0.0344. The molecule has 1 aliphatic rings. The quantitative estimate of drug-likeness (QED) is 0.798. The van der Waals surface area contributed by atoms with Gasteiger partial charge in [0.15, 0.2) is 0 Å². The number of hydrogen-bond donors (Lipinski definition) is 2. The molecular weight excluding hydrogens is 218 g/mol. The molecule has 0 spiro atoms. The summed E-state index contributed by atoms with van der Waals surface area (Å²) in [4.78, 5) is 11.7. The predicted molar refractivity (Wildman–Crippen MR) is 66.9 cm³/mol. The summed E-state index contributed by atoms with van der Waals surface area (Å²) in [6, 6.07) is 0. The van der Waals surface area contributed by atoms with Gasteiger partial charge in [-0.2, -0.15) is 0 Å². The van der Waals surface area contributed by atoms with Crippen LogP contribution in [0.1, 0.15) is 59.8 Å². The predicted octanol–water partition coefficient (Wildman–Crippen LogP) is 2.59. The Bertz CT molecular complexity index is 264. The zero-order valence-corrected chi connectivity index (χ0v) is 11.4. The maximum atomic E-state index is 11.7. The van der Waals surface area contributed by atoms with Crippen molar-refractivity contribution in [2.24, 2.45) is 0 Å². The van der Waals surface area contributed by atoms with Crippen molar-refractivity contribution in [3.05, 3.63) is 0 Å². The molecule has 1 saturated carbocycles. The molecule has 1 fully saturated rings. The molecule has 0 radical (unpaired) electrons. The van der Waals surface area contributed by atoms with Gasteiger partial charge in [0.1, 0.15) is 5.60 Å². The van der Waals surface area contributed by atoms with Gasteiger partial charge in [-0.3, -0.25) is 0 Å². The Morgan fingerprint density at radius 1 is 1.47 bits per heavy atom. The molecule has 2 N–H and O–H groups in total. The van der Waals surface area contributed by atoms with Crippen molar-refractivity contribution in [2.45, 2.75) is 77.0 Å². The molecule has 0 aromatic rings. The largest absolute Gasteiger partial charge is 0.444 e. The van der Waals surface area contributed by atoms with E-state index in [1.165, 1.54) is 0 Å². The second kappa shape index (κ2) is 5.25. The van der Waals surface area contributed by atoms with Gasteiger partial charge in [-0.15, -0.1) is 0 Å². The number of ether oxygens (including phenoxy) is 1. The maximum absolute atomic E-state index is 11.7. The Morgan fingerprint density at radius 2 is 2.06 bits per heavy atom. The maximum Gasteiger partial charge on any atom is 0.408 e. The summed E-state index contributed by atoms with van der Waals surface area (Å²) in [7, 11) is 0. The van der Waals surface area contributed by atoms with Crippen LogP contribution >= 0.6 is 0 Å². The zero-order valence-electron chi connectivity index (χ0n) is 11.4. The van der Waals surface area contributed by atoms with E-state index in [-0.39, 0.29) is 17.7 Å². The van der Waals surface area contributed by atoms with Gasteiger partial charge >= 0.3 is 6.09 Å². The zero-order chi connectivity index (χ0) is 13.1. The second-order valence-corrected chi connectivity index (χ2v) is 6.15. The van der Waals surface area contributed by atoms with E-state index in [4.69, 9.17) is 4.74 Å². The molecule has 0 saturated heterocycles. The van der Waals surface area contributed by atoms with Gasteiger partial charge < -0.3 is 15.2 Å². The summed E-state index contributed by atoms with van der Waals surface area (Å²) in [6.07, 6.45) is 3.99. The molecule has 1 atom stereocenters. The van der Waals surface area contributed by atoms with Crippen molar-refractivity contribution < 1.29 is 14.6 Å². The summed E-state index contributed by atoms with van der Waals surface area (Å²) < 4.78 is 5.26. The lowest BCUT2D eigenvalue weighted by atomic mass is 9.73. The van der Waals surface area contributed by atoms with Crippen molar-refractivity contribution in [1.82, 2.24) is 5.32 Å². The van der Waals surface area contributed by atoms with E-state index in [1.54, 1.807) is 6.92 Å². The van der Waals surface area contributed by atoms with Crippen LogP contribution in [0.3, 0.4) is 0 Å². The van der Waals surface area contributed by atoms with Gasteiger partial charge in [0, 0.05) is 5.54 Å². The minimum atomic E-state index is -0.459. The minimum absolute atomic E-state index is 0.140. The van der Waals surface area contributed by atoms with Gasteiger partial charge in [0.2, 0.25) is 0 Å². The SMILES string of the molecule is CC(O)CCC1(NC(=O)OC(C)(C)C)CCC1. The summed E-state index contributed by atoms with van der Waals surface area (Å²) in [6.45, 7) is 7.35. The van der Waals surface area contributed by atoms with Gasteiger partial charge in [0.25, 0.3) is 0 Å². The fourth-order valence-corrected chi connectivity index (χ4v) is 2.05. The highest BCUT2D eigenvalue weighted by Gasteiger charge is 2.39. The topological polar surface area (TPSA) is 58.6 Å². The van der Waals surface area contributed by atoms with E-state index in [9.17, 15) is 9.90 Å². The molecule has 1 unspecified atom stereocenters. The molecule has 4 nitrogen and oxygen atoms in total. The molecule has 0 aromatic heterocycles. The normalized spacial score (nSPS) is 20.3. The number of carbonyl (C=O) groups is 1. The van der Waals surface area contributed by atoms with E-state index in [1.807, 2.05) is 20.8 Å². The number of rotatable bonds is 4. The Labute approximate surface area is 104 Å². The number of amides is 1. The van der Waals surface area contributed by atoms with Crippen LogP contribution in [0.5, 0.6) is 0 Å². The summed E-state index contributed by atoms with van der Waals surface area (Å²) in [5, 5.41) is 12.3. The highest BCUT2D eigenvalue weighted by atomic mass is 16.6. The van der Waals surface area contributed by atoms with Crippen molar-refractivity contribution in [3.8, 4) is 0 Å². The first kappa shape index (κ1) is 14.3. The van der Waals surface area contributed by atoms with Crippen molar-refractivity contribution in [2.75, 3.05) is 0 Å². The number of carbonyl (C=O) groups excluding carboxylic acids is 1.